The highest BCUT2D eigenvalue weighted by molar-refractivity contribution is 6.00. The molecule has 0 saturated carbocycles. The van der Waals surface area contributed by atoms with E-state index in [0.717, 1.165) is 24.8 Å². The molecule has 2 rings (SSSR count). The predicted octanol–water partition coefficient (Wildman–Crippen LogP) is 2.85. The van der Waals surface area contributed by atoms with Crippen LogP contribution >= 0.6 is 0 Å². The van der Waals surface area contributed by atoms with Crippen molar-refractivity contribution < 1.29 is 14.7 Å². The lowest BCUT2D eigenvalue weighted by Crippen LogP contribution is -2.15. The van der Waals surface area contributed by atoms with Gasteiger partial charge in [0, 0.05) is 12.1 Å². The molecule has 1 aliphatic rings. The number of aromatic carboxylic acids is 1. The molecule has 0 radical (unpaired) electrons. The van der Waals surface area contributed by atoms with Crippen LogP contribution < -0.4 is 5.32 Å². The fraction of sp³-hybridized carbons (Fsp3) is 0.429. The minimum Gasteiger partial charge on any atom is -0.477 e. The predicted molar refractivity (Wildman–Crippen MR) is 72.3 cm³/mol. The van der Waals surface area contributed by atoms with Gasteiger partial charge in [0.15, 0.2) is 0 Å². The maximum Gasteiger partial charge on any atom is 0.354 e. The van der Waals surface area contributed by atoms with E-state index < -0.39 is 5.97 Å². The van der Waals surface area contributed by atoms with Gasteiger partial charge in [0.2, 0.25) is 5.91 Å². The zero-order chi connectivity index (χ0) is 13.8. The molecule has 5 nitrogen and oxygen atoms in total. The summed E-state index contributed by atoms with van der Waals surface area (Å²) in [6.45, 7) is 1.76. The van der Waals surface area contributed by atoms with Crippen LogP contribution in [0.3, 0.4) is 0 Å². The Kier molecular flexibility index (Phi) is 4.04. The normalized spacial score (nSPS) is 14.9. The van der Waals surface area contributed by atoms with Crippen LogP contribution in [0.1, 0.15) is 48.3 Å². The Morgan fingerprint density at radius 1 is 1.42 bits per heavy atom. The number of aromatic nitrogens is 1. The summed E-state index contributed by atoms with van der Waals surface area (Å²) in [5.74, 6) is -1.23. The topological polar surface area (TPSA) is 82.2 Å². The first-order chi connectivity index (χ1) is 9.06. The van der Waals surface area contributed by atoms with E-state index in [9.17, 15) is 9.59 Å². The molecule has 1 heterocycles. The average molecular weight is 262 g/mol. The lowest BCUT2D eigenvalue weighted by Gasteiger charge is -2.12. The quantitative estimate of drug-likeness (QED) is 0.730. The summed E-state index contributed by atoms with van der Waals surface area (Å²) in [6, 6.07) is 1.64. The summed E-state index contributed by atoms with van der Waals surface area (Å²) in [5, 5.41) is 11.7. The number of hydrogen-bond acceptors (Lipinski definition) is 2. The van der Waals surface area contributed by atoms with E-state index in [1.54, 1.807) is 13.0 Å². The van der Waals surface area contributed by atoms with Gasteiger partial charge in [0.25, 0.3) is 0 Å². The van der Waals surface area contributed by atoms with Gasteiger partial charge in [0.05, 0.1) is 5.69 Å². The Bertz CT molecular complexity index is 529. The molecule has 3 N–H and O–H groups in total. The van der Waals surface area contributed by atoms with Crippen molar-refractivity contribution in [3.63, 3.8) is 0 Å². The first-order valence-electron chi connectivity index (χ1n) is 6.47. The maximum absolute atomic E-state index is 11.9. The second-order valence-electron chi connectivity index (χ2n) is 4.88. The van der Waals surface area contributed by atoms with Crippen LogP contribution in [0.15, 0.2) is 17.7 Å². The SMILES string of the molecule is Cc1cc(NC(=O)CC2=CCCCC2)c(C(=O)O)[nH]1. The Hall–Kier alpha value is -2.04. The van der Waals surface area contributed by atoms with E-state index in [1.165, 1.54) is 6.42 Å². The molecule has 0 saturated heterocycles. The van der Waals surface area contributed by atoms with Gasteiger partial charge in [-0.1, -0.05) is 11.6 Å². The molecule has 0 spiro atoms. The molecule has 0 fully saturated rings. The number of allylic oxidation sites excluding steroid dienone is 1. The fourth-order valence-electron chi connectivity index (χ4n) is 2.32. The van der Waals surface area contributed by atoms with Crippen molar-refractivity contribution in [3.8, 4) is 0 Å². The summed E-state index contributed by atoms with van der Waals surface area (Å²) >= 11 is 0. The number of aryl methyl sites for hydroxylation is 1. The third kappa shape index (κ3) is 3.47. The molecule has 0 bridgehead atoms. The smallest absolute Gasteiger partial charge is 0.354 e. The lowest BCUT2D eigenvalue weighted by molar-refractivity contribution is -0.115. The van der Waals surface area contributed by atoms with Crippen molar-refractivity contribution in [1.82, 2.24) is 4.98 Å². The monoisotopic (exact) mass is 262 g/mol. The number of H-pyrrole nitrogens is 1. The standard InChI is InChI=1S/C14H18N2O3/c1-9-7-11(13(15-9)14(18)19)16-12(17)8-10-5-3-2-4-6-10/h5,7,15H,2-4,6,8H2,1H3,(H,16,17)(H,18,19). The average Bonchev–Trinajstić information content (AvgIpc) is 2.71. The second kappa shape index (κ2) is 5.73. The van der Waals surface area contributed by atoms with Gasteiger partial charge in [-0.05, 0) is 38.7 Å². The number of nitrogens with one attached hydrogen (secondary N) is 2. The third-order valence-corrected chi connectivity index (χ3v) is 3.21. The molecule has 1 aliphatic carbocycles. The molecule has 5 heteroatoms. The number of amides is 1. The van der Waals surface area contributed by atoms with Crippen molar-refractivity contribution in [3.05, 3.63) is 29.1 Å². The summed E-state index contributed by atoms with van der Waals surface area (Å²) < 4.78 is 0. The number of hydrogen-bond donors (Lipinski definition) is 3. The van der Waals surface area contributed by atoms with E-state index in [2.05, 4.69) is 16.4 Å². The first-order valence-corrected chi connectivity index (χ1v) is 6.47. The Morgan fingerprint density at radius 3 is 2.84 bits per heavy atom. The minimum atomic E-state index is -1.07. The minimum absolute atomic E-state index is 0.0310. The van der Waals surface area contributed by atoms with E-state index in [0.29, 0.717) is 17.8 Å². The molecule has 0 aliphatic heterocycles. The summed E-state index contributed by atoms with van der Waals surface area (Å²) in [6.07, 6.45) is 6.78. The van der Waals surface area contributed by atoms with Gasteiger partial charge in [-0.3, -0.25) is 4.79 Å². The largest absolute Gasteiger partial charge is 0.477 e. The maximum atomic E-state index is 11.9. The Morgan fingerprint density at radius 2 is 2.21 bits per heavy atom. The van der Waals surface area contributed by atoms with Crippen LogP contribution in [0.4, 0.5) is 5.69 Å². The summed E-state index contributed by atoms with van der Waals surface area (Å²) in [5.41, 5.74) is 2.23. The van der Waals surface area contributed by atoms with Crippen LogP contribution in [-0.4, -0.2) is 22.0 Å². The molecule has 0 aromatic carbocycles. The highest BCUT2D eigenvalue weighted by atomic mass is 16.4. The molecule has 0 unspecified atom stereocenters. The first kappa shape index (κ1) is 13.4. The second-order valence-corrected chi connectivity index (χ2v) is 4.88. The molecule has 1 aromatic heterocycles. The van der Waals surface area contributed by atoms with E-state index >= 15 is 0 Å². The summed E-state index contributed by atoms with van der Waals surface area (Å²) in [7, 11) is 0. The molecule has 1 aromatic rings. The van der Waals surface area contributed by atoms with Gasteiger partial charge in [-0.15, -0.1) is 0 Å². The molecule has 102 valence electrons. The lowest BCUT2D eigenvalue weighted by atomic mass is 9.97. The van der Waals surface area contributed by atoms with Gasteiger partial charge < -0.3 is 15.4 Å². The van der Waals surface area contributed by atoms with Crippen molar-refractivity contribution in [2.24, 2.45) is 0 Å². The van der Waals surface area contributed by atoms with Crippen LogP contribution in [0.5, 0.6) is 0 Å². The van der Waals surface area contributed by atoms with E-state index in [-0.39, 0.29) is 11.6 Å². The van der Waals surface area contributed by atoms with E-state index in [1.807, 2.05) is 0 Å². The van der Waals surface area contributed by atoms with Gasteiger partial charge in [0.1, 0.15) is 5.69 Å². The zero-order valence-electron chi connectivity index (χ0n) is 11.0. The van der Waals surface area contributed by atoms with E-state index in [4.69, 9.17) is 5.11 Å². The number of carbonyl (C=O) groups excluding carboxylic acids is 1. The Labute approximate surface area is 111 Å². The highest BCUT2D eigenvalue weighted by Gasteiger charge is 2.16. The zero-order valence-corrected chi connectivity index (χ0v) is 11.0. The van der Waals surface area contributed by atoms with Gasteiger partial charge in [-0.25, -0.2) is 4.79 Å². The Balaban J connectivity index is 2.02. The molecule has 0 atom stereocenters. The fourth-order valence-corrected chi connectivity index (χ4v) is 2.32. The van der Waals surface area contributed by atoms with Gasteiger partial charge >= 0.3 is 5.97 Å². The van der Waals surface area contributed by atoms with Crippen LogP contribution in [0.25, 0.3) is 0 Å². The number of rotatable bonds is 4. The number of carbonyl (C=O) groups is 2. The molecule has 19 heavy (non-hydrogen) atoms. The van der Waals surface area contributed by atoms with Crippen LogP contribution in [-0.2, 0) is 4.79 Å². The van der Waals surface area contributed by atoms with Crippen LogP contribution in [0, 0.1) is 6.92 Å². The number of aromatic amines is 1. The highest BCUT2D eigenvalue weighted by Crippen LogP contribution is 2.22. The summed E-state index contributed by atoms with van der Waals surface area (Å²) in [4.78, 5) is 25.6. The molecular formula is C14H18N2O3. The van der Waals surface area contributed by atoms with Crippen LogP contribution in [0.2, 0.25) is 0 Å². The number of carboxylic acid groups (broad SMARTS) is 1. The third-order valence-electron chi connectivity index (χ3n) is 3.21. The van der Waals surface area contributed by atoms with Crippen molar-refractivity contribution in [1.29, 1.82) is 0 Å². The van der Waals surface area contributed by atoms with Crippen molar-refractivity contribution in [2.45, 2.75) is 39.0 Å². The van der Waals surface area contributed by atoms with Crippen molar-refractivity contribution >= 4 is 17.6 Å². The number of anilines is 1. The molecular weight excluding hydrogens is 244 g/mol. The van der Waals surface area contributed by atoms with Crippen molar-refractivity contribution in [2.75, 3.05) is 5.32 Å². The van der Waals surface area contributed by atoms with Gasteiger partial charge in [-0.2, -0.15) is 0 Å². The molecule has 1 amide bonds. The number of carboxylic acids is 1.